The van der Waals surface area contributed by atoms with Gasteiger partial charge in [0.15, 0.2) is 6.23 Å². The molecule has 2 rings (SSSR count). The van der Waals surface area contributed by atoms with E-state index in [2.05, 4.69) is 13.1 Å². The predicted octanol–water partition coefficient (Wildman–Crippen LogP) is -1.13. The molecular formula is C12H16FN2O14P3. The molecule has 7 atom stereocenters. The van der Waals surface area contributed by atoms with E-state index in [9.17, 15) is 33.3 Å². The highest BCUT2D eigenvalue weighted by Crippen LogP contribution is 2.66. The van der Waals surface area contributed by atoms with Gasteiger partial charge in [-0.2, -0.15) is 8.62 Å². The molecule has 0 amide bonds. The van der Waals surface area contributed by atoms with E-state index in [0.29, 0.717) is 4.57 Å². The lowest BCUT2D eigenvalue weighted by Crippen LogP contribution is -2.46. The van der Waals surface area contributed by atoms with Crippen molar-refractivity contribution in [2.24, 2.45) is 0 Å². The molecule has 0 aromatic carbocycles. The molecule has 1 aromatic heterocycles. The number of phosphoric acid groups is 3. The molecule has 180 valence electrons. The number of aromatic nitrogens is 2. The lowest BCUT2D eigenvalue weighted by Gasteiger charge is -2.25. The Morgan fingerprint density at radius 3 is 2.34 bits per heavy atom. The van der Waals surface area contributed by atoms with Gasteiger partial charge in [-0.3, -0.25) is 18.9 Å². The second-order valence-electron chi connectivity index (χ2n) is 6.23. The Morgan fingerprint density at radius 1 is 1.25 bits per heavy atom. The molecule has 1 aliphatic rings. The van der Waals surface area contributed by atoms with Gasteiger partial charge in [-0.15, -0.1) is 6.42 Å². The number of nitrogens with zero attached hydrogens (tertiary/aromatic N) is 1. The maximum atomic E-state index is 15.3. The molecule has 20 heteroatoms. The summed E-state index contributed by atoms with van der Waals surface area (Å²) in [4.78, 5) is 60.7. The maximum absolute atomic E-state index is 15.3. The number of hydrogen-bond acceptors (Lipinski definition) is 10. The van der Waals surface area contributed by atoms with Crippen LogP contribution in [0.3, 0.4) is 0 Å². The molecular weight excluding hydrogens is 508 g/mol. The van der Waals surface area contributed by atoms with E-state index in [1.165, 1.54) is 0 Å². The van der Waals surface area contributed by atoms with Gasteiger partial charge in [0.25, 0.3) is 5.56 Å². The van der Waals surface area contributed by atoms with Gasteiger partial charge < -0.3 is 29.4 Å². The molecule has 0 aliphatic carbocycles. The minimum atomic E-state index is -5.83. The highest BCUT2D eigenvalue weighted by molar-refractivity contribution is 7.66. The fourth-order valence-corrected chi connectivity index (χ4v) is 5.88. The molecule has 0 saturated carbocycles. The molecule has 4 unspecified atom stereocenters. The monoisotopic (exact) mass is 524 g/mol. The minimum absolute atomic E-state index is 0.488. The van der Waals surface area contributed by atoms with Crippen LogP contribution in [0.2, 0.25) is 0 Å². The first-order chi connectivity index (χ1) is 14.4. The van der Waals surface area contributed by atoms with Crippen LogP contribution >= 0.6 is 23.5 Å². The number of aliphatic hydroxyl groups excluding tert-OH is 1. The Hall–Kier alpha value is -1.50. The van der Waals surface area contributed by atoms with Gasteiger partial charge in [0.05, 0.1) is 6.10 Å². The summed E-state index contributed by atoms with van der Waals surface area (Å²) in [5, 5.41) is 10.3. The van der Waals surface area contributed by atoms with Crippen LogP contribution in [-0.4, -0.2) is 58.2 Å². The molecule has 16 nitrogen and oxygen atoms in total. The van der Waals surface area contributed by atoms with Crippen molar-refractivity contribution in [3.8, 4) is 12.3 Å². The van der Waals surface area contributed by atoms with Gasteiger partial charge in [0, 0.05) is 12.3 Å². The number of H-pyrrole nitrogens is 1. The lowest BCUT2D eigenvalue weighted by atomic mass is 9.95. The van der Waals surface area contributed by atoms with E-state index in [1.807, 2.05) is 0 Å². The van der Waals surface area contributed by atoms with Crippen LogP contribution in [0.15, 0.2) is 21.9 Å². The summed E-state index contributed by atoms with van der Waals surface area (Å²) in [6.45, 7) is 0.904. The summed E-state index contributed by atoms with van der Waals surface area (Å²) >= 11 is 0. The van der Waals surface area contributed by atoms with Crippen LogP contribution < -0.4 is 11.2 Å². The van der Waals surface area contributed by atoms with Crippen molar-refractivity contribution in [2.45, 2.75) is 37.1 Å². The van der Waals surface area contributed by atoms with Crippen molar-refractivity contribution in [2.75, 3.05) is 0 Å². The van der Waals surface area contributed by atoms with Crippen LogP contribution in [0.5, 0.6) is 0 Å². The minimum Gasteiger partial charge on any atom is -0.386 e. The number of alkyl halides is 1. The molecule has 2 heterocycles. The molecule has 1 aliphatic heterocycles. The summed E-state index contributed by atoms with van der Waals surface area (Å²) in [7, 11) is -17.1. The van der Waals surface area contributed by atoms with Gasteiger partial charge >= 0.3 is 29.2 Å². The van der Waals surface area contributed by atoms with Gasteiger partial charge in [-0.1, -0.05) is 5.92 Å². The molecule has 1 aromatic rings. The number of phosphoric ester groups is 1. The highest BCUT2D eigenvalue weighted by atomic mass is 31.3. The third kappa shape index (κ3) is 6.09. The summed E-state index contributed by atoms with van der Waals surface area (Å²) in [6, 6.07) is 0.816. The molecule has 32 heavy (non-hydrogen) atoms. The zero-order chi connectivity index (χ0) is 24.7. The van der Waals surface area contributed by atoms with Crippen LogP contribution in [0, 0.1) is 12.3 Å². The van der Waals surface area contributed by atoms with Crippen LogP contribution in [0.4, 0.5) is 4.39 Å². The number of aliphatic hydroxyl groups is 1. The fourth-order valence-electron chi connectivity index (χ4n) is 2.68. The highest BCUT2D eigenvalue weighted by Gasteiger charge is 2.60. The number of aromatic amines is 1. The van der Waals surface area contributed by atoms with Gasteiger partial charge in [-0.25, -0.2) is 22.9 Å². The first-order valence-electron chi connectivity index (χ1n) is 8.05. The first-order valence-corrected chi connectivity index (χ1v) is 12.6. The Morgan fingerprint density at radius 2 is 1.84 bits per heavy atom. The first kappa shape index (κ1) is 26.7. The molecule has 0 radical (unpaired) electrons. The zero-order valence-corrected chi connectivity index (χ0v) is 18.3. The average Bonchev–Trinajstić information content (AvgIpc) is 2.84. The molecule has 0 spiro atoms. The fraction of sp³-hybridized carbons (Fsp3) is 0.500. The second-order valence-corrected chi connectivity index (χ2v) is 10.6. The number of hydrogen-bond donors (Lipinski definition) is 6. The quantitative estimate of drug-likeness (QED) is 0.174. The summed E-state index contributed by atoms with van der Waals surface area (Å²) in [5.41, 5.74) is -5.14. The standard InChI is InChI=1S/C12H16FN2O14P3/c1-3-12(13)9(17)8(26-10(12)15-5-4-7(16)14-11(15)18)6(2)27-31(22,23)29-32(24,25)28-30(19,20)21/h1,4-6,8-10,17H,2H3,(H,22,23)(H,24,25)(H,14,16,18)(H2,19,20,21)/t6-,8+,9?,10+,12?/m0/s1. The van der Waals surface area contributed by atoms with Gasteiger partial charge in [0.1, 0.15) is 12.2 Å². The number of halogens is 1. The normalized spacial score (nSPS) is 30.8. The van der Waals surface area contributed by atoms with Crippen molar-refractivity contribution in [1.29, 1.82) is 0 Å². The van der Waals surface area contributed by atoms with Crippen molar-refractivity contribution in [3.63, 3.8) is 0 Å². The van der Waals surface area contributed by atoms with E-state index in [4.69, 9.17) is 25.8 Å². The third-order valence-electron chi connectivity index (χ3n) is 3.89. The topological polar surface area (TPSA) is 244 Å². The van der Waals surface area contributed by atoms with Crippen molar-refractivity contribution in [3.05, 3.63) is 33.1 Å². The van der Waals surface area contributed by atoms with Crippen LogP contribution in [0.1, 0.15) is 13.2 Å². The summed E-state index contributed by atoms with van der Waals surface area (Å²) in [5.74, 6) is 1.59. The SMILES string of the molecule is C#CC1(F)C(O)[C@@H]([C@H](C)OP(=O)(O)OP(=O)(O)OP(=O)(O)O)O[C@H]1n1ccc(=O)[nH]c1=O. The number of nitrogens with one attached hydrogen (secondary N) is 1. The Labute approximate surface area is 177 Å². The van der Waals surface area contributed by atoms with E-state index in [0.717, 1.165) is 19.2 Å². The lowest BCUT2D eigenvalue weighted by molar-refractivity contribution is -0.0781. The largest absolute Gasteiger partial charge is 0.490 e. The second kappa shape index (κ2) is 9.03. The summed E-state index contributed by atoms with van der Waals surface area (Å²) in [6.07, 6.45) is -2.18. The van der Waals surface area contributed by atoms with E-state index in [1.54, 1.807) is 10.9 Å². The van der Waals surface area contributed by atoms with Crippen molar-refractivity contribution in [1.82, 2.24) is 9.55 Å². The van der Waals surface area contributed by atoms with Crippen molar-refractivity contribution < 1.29 is 60.6 Å². The maximum Gasteiger partial charge on any atom is 0.490 e. The molecule has 6 N–H and O–H groups in total. The number of ether oxygens (including phenoxy) is 1. The Balaban J connectivity index is 2.28. The van der Waals surface area contributed by atoms with Crippen molar-refractivity contribution >= 4 is 23.5 Å². The molecule has 1 fully saturated rings. The van der Waals surface area contributed by atoms with E-state index >= 15 is 4.39 Å². The van der Waals surface area contributed by atoms with Crippen LogP contribution in [0.25, 0.3) is 0 Å². The average molecular weight is 524 g/mol. The van der Waals surface area contributed by atoms with Gasteiger partial charge in [0.2, 0.25) is 5.67 Å². The third-order valence-corrected chi connectivity index (χ3v) is 7.82. The Kier molecular flexibility index (Phi) is 7.55. The predicted molar refractivity (Wildman–Crippen MR) is 98.3 cm³/mol. The molecule has 0 bridgehead atoms. The summed E-state index contributed by atoms with van der Waals surface area (Å²) < 4.78 is 66.5. The smallest absolute Gasteiger partial charge is 0.386 e. The zero-order valence-electron chi connectivity index (χ0n) is 15.6. The number of terminal acetylenes is 1. The molecule has 1 saturated heterocycles. The van der Waals surface area contributed by atoms with E-state index in [-0.39, 0.29) is 0 Å². The van der Waals surface area contributed by atoms with E-state index < -0.39 is 64.9 Å². The van der Waals surface area contributed by atoms with Crippen LogP contribution in [-0.2, 0) is 31.6 Å². The Bertz CT molecular complexity index is 1170. The number of rotatable bonds is 8. The van der Waals surface area contributed by atoms with Gasteiger partial charge in [-0.05, 0) is 6.92 Å².